The van der Waals surface area contributed by atoms with Crippen molar-refractivity contribution in [2.75, 3.05) is 28.7 Å². The Labute approximate surface area is 152 Å². The van der Waals surface area contributed by atoms with Gasteiger partial charge in [0.2, 0.25) is 12.3 Å². The molecule has 5 unspecified atom stereocenters. The molecule has 27 heavy (non-hydrogen) atoms. The lowest BCUT2D eigenvalue weighted by atomic mass is 10.1. The van der Waals surface area contributed by atoms with E-state index >= 15 is 0 Å². The third-order valence-electron chi connectivity index (χ3n) is 4.54. The number of aromatic nitrogens is 2. The van der Waals surface area contributed by atoms with Crippen molar-refractivity contribution in [3.05, 3.63) is 10.4 Å². The van der Waals surface area contributed by atoms with Crippen LogP contribution in [0.4, 0.5) is 17.5 Å². The van der Waals surface area contributed by atoms with Crippen LogP contribution >= 0.6 is 0 Å². The Morgan fingerprint density at radius 2 is 2.00 bits per heavy atom. The second-order valence-corrected chi connectivity index (χ2v) is 6.30. The number of aliphatic hydroxyl groups excluding tert-OH is 4. The summed E-state index contributed by atoms with van der Waals surface area (Å²) in [6, 6.07) is 0. The SMILES string of the molecule is Nc1nc2c(c(=O)[nH]1)N(CCCC(=O)O)C(O)N2C1OC(CO)C(O)C1O. The summed E-state index contributed by atoms with van der Waals surface area (Å²) in [5, 5.41) is 49.0. The van der Waals surface area contributed by atoms with Gasteiger partial charge in [-0.25, -0.2) is 0 Å². The molecule has 0 bridgehead atoms. The Kier molecular flexibility index (Phi) is 5.21. The average Bonchev–Trinajstić information content (AvgIpc) is 3.02. The first-order valence-electron chi connectivity index (χ1n) is 8.23. The van der Waals surface area contributed by atoms with Gasteiger partial charge in [-0.1, -0.05) is 0 Å². The van der Waals surface area contributed by atoms with E-state index < -0.39 is 49.0 Å². The zero-order valence-corrected chi connectivity index (χ0v) is 14.1. The first kappa shape index (κ1) is 19.3. The van der Waals surface area contributed by atoms with Gasteiger partial charge in [0, 0.05) is 13.0 Å². The number of nitrogens with zero attached hydrogens (tertiary/aromatic N) is 3. The van der Waals surface area contributed by atoms with Crippen LogP contribution in [0.15, 0.2) is 4.79 Å². The quantitative estimate of drug-likeness (QED) is 0.254. The maximum Gasteiger partial charge on any atom is 0.303 e. The summed E-state index contributed by atoms with van der Waals surface area (Å²) in [6.45, 7) is -0.570. The predicted octanol–water partition coefficient (Wildman–Crippen LogP) is -3.44. The second kappa shape index (κ2) is 7.28. The highest BCUT2D eigenvalue weighted by Gasteiger charge is 2.51. The van der Waals surface area contributed by atoms with Gasteiger partial charge in [-0.3, -0.25) is 19.5 Å². The summed E-state index contributed by atoms with van der Waals surface area (Å²) in [7, 11) is 0. The summed E-state index contributed by atoms with van der Waals surface area (Å²) < 4.78 is 5.42. The molecule has 3 rings (SSSR count). The zero-order valence-electron chi connectivity index (χ0n) is 14.1. The summed E-state index contributed by atoms with van der Waals surface area (Å²) in [6.07, 6.45) is -6.94. The Bertz CT molecular complexity index is 772. The highest BCUT2D eigenvalue weighted by molar-refractivity contribution is 5.74. The Morgan fingerprint density at radius 3 is 2.59 bits per heavy atom. The van der Waals surface area contributed by atoms with Crippen molar-refractivity contribution in [3.63, 3.8) is 0 Å². The number of carbonyl (C=O) groups is 1. The third kappa shape index (κ3) is 3.30. The maximum absolute atomic E-state index is 12.3. The number of nitrogen functional groups attached to an aromatic ring is 1. The van der Waals surface area contributed by atoms with E-state index in [1.54, 1.807) is 0 Å². The second-order valence-electron chi connectivity index (χ2n) is 6.30. The minimum atomic E-state index is -1.53. The van der Waals surface area contributed by atoms with Gasteiger partial charge in [-0.05, 0) is 6.42 Å². The van der Waals surface area contributed by atoms with Gasteiger partial charge < -0.3 is 40.9 Å². The molecule has 0 spiro atoms. The largest absolute Gasteiger partial charge is 0.481 e. The Balaban J connectivity index is 1.96. The van der Waals surface area contributed by atoms with Crippen LogP contribution in [0.3, 0.4) is 0 Å². The van der Waals surface area contributed by atoms with Crippen LogP contribution in [0.5, 0.6) is 0 Å². The molecule has 0 radical (unpaired) electrons. The van der Waals surface area contributed by atoms with Crippen molar-refractivity contribution in [2.45, 2.75) is 43.7 Å². The molecular weight excluding hydrogens is 366 g/mol. The number of H-pyrrole nitrogens is 1. The standard InChI is InChI=1S/C14H21N5O8/c15-13-16-10-7(11(25)17-13)18(3-1-2-6(21)22)14(26)19(10)12-9(24)8(23)5(4-20)27-12/h5,8-9,12,14,20,23-24,26H,1-4H2,(H,21,22)(H3,15,16,17,25). The molecule has 150 valence electrons. The minimum Gasteiger partial charge on any atom is -0.481 e. The first-order chi connectivity index (χ1) is 12.8. The number of carboxylic acid groups (broad SMARTS) is 1. The van der Waals surface area contributed by atoms with Crippen LogP contribution in [-0.4, -0.2) is 85.5 Å². The number of nitrogens with two attached hydrogens (primary N) is 1. The summed E-state index contributed by atoms with van der Waals surface area (Å²) in [4.78, 5) is 31.6. The lowest BCUT2D eigenvalue weighted by molar-refractivity contribution is -0.137. The van der Waals surface area contributed by atoms with Crippen LogP contribution in [0.2, 0.25) is 0 Å². The smallest absolute Gasteiger partial charge is 0.303 e. The van der Waals surface area contributed by atoms with E-state index in [1.165, 1.54) is 4.90 Å². The number of rotatable bonds is 6. The van der Waals surface area contributed by atoms with Gasteiger partial charge in [0.15, 0.2) is 12.0 Å². The van der Waals surface area contributed by atoms with Crippen LogP contribution in [0.25, 0.3) is 0 Å². The number of ether oxygens (including phenoxy) is 1. The number of carboxylic acids is 1. The van der Waals surface area contributed by atoms with E-state index in [-0.39, 0.29) is 36.8 Å². The molecule has 8 N–H and O–H groups in total. The molecule has 0 aromatic carbocycles. The molecule has 0 amide bonds. The lowest BCUT2D eigenvalue weighted by Crippen LogP contribution is -2.53. The molecule has 13 nitrogen and oxygen atoms in total. The highest BCUT2D eigenvalue weighted by atomic mass is 16.6. The molecule has 0 aliphatic carbocycles. The normalized spacial score (nSPS) is 30.0. The van der Waals surface area contributed by atoms with Crippen molar-refractivity contribution in [1.82, 2.24) is 9.97 Å². The molecule has 1 aromatic heterocycles. The molecule has 1 saturated heterocycles. The van der Waals surface area contributed by atoms with Crippen LogP contribution in [0.1, 0.15) is 12.8 Å². The van der Waals surface area contributed by atoms with Gasteiger partial charge in [-0.2, -0.15) is 4.98 Å². The van der Waals surface area contributed by atoms with Crippen LogP contribution in [-0.2, 0) is 9.53 Å². The number of anilines is 3. The number of aliphatic carboxylic acids is 1. The van der Waals surface area contributed by atoms with Crippen molar-refractivity contribution < 1.29 is 35.1 Å². The molecule has 0 saturated carbocycles. The van der Waals surface area contributed by atoms with Gasteiger partial charge in [0.25, 0.3) is 5.56 Å². The molecule has 13 heteroatoms. The predicted molar refractivity (Wildman–Crippen MR) is 89.7 cm³/mol. The fourth-order valence-corrected chi connectivity index (χ4v) is 3.28. The lowest BCUT2D eigenvalue weighted by Gasteiger charge is -2.32. The number of nitrogens with one attached hydrogen (secondary N) is 1. The van der Waals surface area contributed by atoms with E-state index in [2.05, 4.69) is 9.97 Å². The van der Waals surface area contributed by atoms with E-state index in [9.17, 15) is 30.0 Å². The number of hydrogen-bond acceptors (Lipinski definition) is 11. The van der Waals surface area contributed by atoms with E-state index in [0.717, 1.165) is 4.90 Å². The Hall–Kier alpha value is -2.45. The van der Waals surface area contributed by atoms with Crippen LogP contribution < -0.4 is 21.1 Å². The van der Waals surface area contributed by atoms with Gasteiger partial charge >= 0.3 is 5.97 Å². The van der Waals surface area contributed by atoms with E-state index in [1.807, 2.05) is 0 Å². The molecular formula is C14H21N5O8. The topological polar surface area (TPSA) is 206 Å². The fraction of sp³-hybridized carbons (Fsp3) is 0.643. The van der Waals surface area contributed by atoms with Gasteiger partial charge in [-0.15, -0.1) is 0 Å². The minimum absolute atomic E-state index is 0.000439. The van der Waals surface area contributed by atoms with Gasteiger partial charge in [0.05, 0.1) is 6.61 Å². The van der Waals surface area contributed by atoms with E-state index in [0.29, 0.717) is 0 Å². The van der Waals surface area contributed by atoms with Crippen molar-refractivity contribution in [1.29, 1.82) is 0 Å². The molecule has 1 fully saturated rings. The van der Waals surface area contributed by atoms with Crippen molar-refractivity contribution >= 4 is 23.4 Å². The fourth-order valence-electron chi connectivity index (χ4n) is 3.28. The molecule has 1 aromatic rings. The van der Waals surface area contributed by atoms with Crippen molar-refractivity contribution in [2.24, 2.45) is 0 Å². The molecule has 5 atom stereocenters. The summed E-state index contributed by atoms with van der Waals surface area (Å²) in [5.74, 6) is -1.36. The summed E-state index contributed by atoms with van der Waals surface area (Å²) >= 11 is 0. The number of fused-ring (bicyclic) bond motifs is 1. The highest BCUT2D eigenvalue weighted by Crippen LogP contribution is 2.39. The number of aliphatic hydroxyl groups is 4. The van der Waals surface area contributed by atoms with Crippen LogP contribution in [0, 0.1) is 0 Å². The number of hydrogen-bond donors (Lipinski definition) is 7. The van der Waals surface area contributed by atoms with E-state index in [4.69, 9.17) is 15.6 Å². The first-order valence-corrected chi connectivity index (χ1v) is 8.23. The number of aromatic amines is 1. The molecule has 2 aliphatic heterocycles. The molecule has 2 aliphatic rings. The zero-order chi connectivity index (χ0) is 19.9. The van der Waals surface area contributed by atoms with Crippen molar-refractivity contribution in [3.8, 4) is 0 Å². The maximum atomic E-state index is 12.3. The molecule has 3 heterocycles. The summed E-state index contributed by atoms with van der Waals surface area (Å²) in [5.41, 5.74) is 4.84. The average molecular weight is 387 g/mol. The monoisotopic (exact) mass is 387 g/mol. The third-order valence-corrected chi connectivity index (χ3v) is 4.54. The Morgan fingerprint density at radius 1 is 1.30 bits per heavy atom. The van der Waals surface area contributed by atoms with Gasteiger partial charge in [0.1, 0.15) is 24.0 Å².